The van der Waals surface area contributed by atoms with Gasteiger partial charge in [0.15, 0.2) is 0 Å². The van der Waals surface area contributed by atoms with Gasteiger partial charge in [-0.25, -0.2) is 4.79 Å². The number of esters is 1. The number of hydrogen-bond acceptors (Lipinski definition) is 4. The number of ether oxygens (including phenoxy) is 1. The summed E-state index contributed by atoms with van der Waals surface area (Å²) in [4.78, 5) is 32.9. The second kappa shape index (κ2) is 7.36. The van der Waals surface area contributed by atoms with Crippen LogP contribution in [0.15, 0.2) is 0 Å². The van der Waals surface area contributed by atoms with E-state index in [1.165, 1.54) is 19.2 Å². The molecule has 0 aliphatic rings. The summed E-state index contributed by atoms with van der Waals surface area (Å²) in [6, 6.07) is -1.93. The fraction of sp³-hybridized carbons (Fsp3) is 0.727. The van der Waals surface area contributed by atoms with Gasteiger partial charge < -0.3 is 15.2 Å². The maximum Gasteiger partial charge on any atom is 0.463 e. The van der Waals surface area contributed by atoms with Crippen LogP contribution in [0.2, 0.25) is 0 Å². The van der Waals surface area contributed by atoms with Gasteiger partial charge in [0.05, 0.1) is 6.10 Å². The Bertz CT molecular complexity index is 435. The van der Waals surface area contributed by atoms with Crippen LogP contribution in [-0.4, -0.2) is 47.2 Å². The van der Waals surface area contributed by atoms with Gasteiger partial charge in [0.25, 0.3) is 0 Å². The number of aliphatic carboxylic acids is 1. The average molecular weight is 335 g/mol. The van der Waals surface area contributed by atoms with Gasteiger partial charge in [-0.2, -0.15) is 22.0 Å². The zero-order valence-corrected chi connectivity index (χ0v) is 11.5. The largest absolute Gasteiger partial charge is 0.481 e. The highest BCUT2D eigenvalue weighted by Crippen LogP contribution is 2.35. The fourth-order valence-corrected chi connectivity index (χ4v) is 1.21. The number of carbonyl (C=O) groups is 3. The van der Waals surface area contributed by atoms with E-state index in [0.29, 0.717) is 0 Å². The van der Waals surface area contributed by atoms with E-state index >= 15 is 0 Å². The molecule has 22 heavy (non-hydrogen) atoms. The first-order valence-corrected chi connectivity index (χ1v) is 5.96. The Morgan fingerprint density at radius 2 is 1.64 bits per heavy atom. The van der Waals surface area contributed by atoms with E-state index in [-0.39, 0.29) is 0 Å². The first-order chi connectivity index (χ1) is 9.79. The van der Waals surface area contributed by atoms with E-state index in [9.17, 15) is 36.3 Å². The molecule has 0 aliphatic carbocycles. The summed E-state index contributed by atoms with van der Waals surface area (Å²) in [6.07, 6.45) is -8.31. The number of rotatable bonds is 7. The molecule has 128 valence electrons. The number of hydrogen-bond donors (Lipinski definition) is 2. The quantitative estimate of drug-likeness (QED) is 0.543. The van der Waals surface area contributed by atoms with Crippen molar-refractivity contribution in [1.82, 2.24) is 5.32 Å². The van der Waals surface area contributed by atoms with Crippen molar-refractivity contribution in [3.8, 4) is 0 Å². The number of carboxylic acid groups (broad SMARTS) is 1. The van der Waals surface area contributed by atoms with Crippen molar-refractivity contribution in [3.63, 3.8) is 0 Å². The van der Waals surface area contributed by atoms with Crippen LogP contribution in [0, 0.1) is 0 Å². The van der Waals surface area contributed by atoms with Crippen molar-refractivity contribution in [3.05, 3.63) is 0 Å². The van der Waals surface area contributed by atoms with Gasteiger partial charge in [0.2, 0.25) is 0 Å². The molecule has 0 aromatic rings. The van der Waals surface area contributed by atoms with Gasteiger partial charge in [-0.3, -0.25) is 9.59 Å². The number of carbonyl (C=O) groups excluding carboxylic acids is 2. The normalized spacial score (nSPS) is 13.6. The molecule has 0 rings (SSSR count). The molecule has 2 N–H and O–H groups in total. The van der Waals surface area contributed by atoms with Crippen LogP contribution in [0.25, 0.3) is 0 Å². The van der Waals surface area contributed by atoms with Crippen LogP contribution >= 0.6 is 0 Å². The lowest BCUT2D eigenvalue weighted by molar-refractivity contribution is -0.270. The highest BCUT2D eigenvalue weighted by Gasteiger charge is 2.63. The molecule has 0 aliphatic heterocycles. The molecule has 0 radical (unpaired) electrons. The van der Waals surface area contributed by atoms with Gasteiger partial charge in [0, 0.05) is 6.42 Å². The molecule has 0 fully saturated rings. The SMILES string of the molecule is CC(C)OC(=O)[C@H](CCC(=O)O)NC(=O)C(F)(F)C(F)(F)F. The lowest BCUT2D eigenvalue weighted by Gasteiger charge is -2.23. The lowest BCUT2D eigenvalue weighted by atomic mass is 10.1. The van der Waals surface area contributed by atoms with Crippen LogP contribution in [0.5, 0.6) is 0 Å². The summed E-state index contributed by atoms with van der Waals surface area (Å²) in [5.74, 6) is -11.2. The molecule has 6 nitrogen and oxygen atoms in total. The van der Waals surface area contributed by atoms with E-state index in [1.807, 2.05) is 0 Å². The Morgan fingerprint density at radius 3 is 2.00 bits per heavy atom. The second-order valence-electron chi connectivity index (χ2n) is 4.52. The van der Waals surface area contributed by atoms with Crippen molar-refractivity contribution in [2.75, 3.05) is 0 Å². The first-order valence-electron chi connectivity index (χ1n) is 5.96. The Hall–Kier alpha value is -1.94. The Kier molecular flexibility index (Phi) is 6.71. The fourth-order valence-electron chi connectivity index (χ4n) is 1.21. The van der Waals surface area contributed by atoms with E-state index in [4.69, 9.17) is 5.11 Å². The summed E-state index contributed by atoms with van der Waals surface area (Å²) in [5.41, 5.74) is 0. The standard InChI is InChI=1S/C11H14F5NO5/c1-5(2)22-8(20)6(3-4-7(18)19)17-9(21)10(12,13)11(14,15)16/h5-6H,3-4H2,1-2H3,(H,17,21)(H,18,19)/t6-/m0/s1. The number of halogens is 5. The molecule has 0 saturated heterocycles. The van der Waals surface area contributed by atoms with Crippen molar-refractivity contribution in [2.45, 2.75) is 50.9 Å². The summed E-state index contributed by atoms with van der Waals surface area (Å²) in [5, 5.41) is 9.63. The molecule has 0 spiro atoms. The molecule has 0 aromatic heterocycles. The minimum Gasteiger partial charge on any atom is -0.481 e. The van der Waals surface area contributed by atoms with Gasteiger partial charge >= 0.3 is 29.9 Å². The van der Waals surface area contributed by atoms with Gasteiger partial charge in [0.1, 0.15) is 6.04 Å². The van der Waals surface area contributed by atoms with E-state index < -0.39 is 54.9 Å². The minimum atomic E-state index is -6.14. The second-order valence-corrected chi connectivity index (χ2v) is 4.52. The Labute approximate surface area is 121 Å². The third kappa shape index (κ3) is 5.82. The number of carboxylic acids is 1. The first kappa shape index (κ1) is 20.1. The van der Waals surface area contributed by atoms with Gasteiger partial charge in [-0.05, 0) is 20.3 Å². The maximum absolute atomic E-state index is 12.8. The predicted octanol–water partition coefficient (Wildman–Crippen LogP) is 1.49. The summed E-state index contributed by atoms with van der Waals surface area (Å²) < 4.78 is 66.3. The molecular weight excluding hydrogens is 321 g/mol. The van der Waals surface area contributed by atoms with Crippen LogP contribution in [0.3, 0.4) is 0 Å². The topological polar surface area (TPSA) is 92.7 Å². The van der Waals surface area contributed by atoms with Crippen molar-refractivity contribution >= 4 is 17.8 Å². The van der Waals surface area contributed by atoms with Crippen LogP contribution in [0.1, 0.15) is 26.7 Å². The van der Waals surface area contributed by atoms with Gasteiger partial charge in [-0.1, -0.05) is 0 Å². The van der Waals surface area contributed by atoms with Crippen molar-refractivity contribution in [2.24, 2.45) is 0 Å². The summed E-state index contributed by atoms with van der Waals surface area (Å²) in [6.45, 7) is 2.75. The highest BCUT2D eigenvalue weighted by molar-refractivity contribution is 5.89. The molecule has 0 unspecified atom stereocenters. The lowest BCUT2D eigenvalue weighted by Crippen LogP contribution is -2.55. The molecule has 0 heterocycles. The number of nitrogens with one attached hydrogen (secondary N) is 1. The molecule has 0 saturated carbocycles. The Balaban J connectivity index is 5.08. The monoisotopic (exact) mass is 335 g/mol. The van der Waals surface area contributed by atoms with Crippen molar-refractivity contribution in [1.29, 1.82) is 0 Å². The van der Waals surface area contributed by atoms with Gasteiger partial charge in [-0.15, -0.1) is 0 Å². The molecule has 1 atom stereocenters. The number of amides is 1. The summed E-state index contributed by atoms with van der Waals surface area (Å²) in [7, 11) is 0. The predicted molar refractivity (Wildman–Crippen MR) is 61.0 cm³/mol. The third-order valence-electron chi connectivity index (χ3n) is 2.23. The smallest absolute Gasteiger partial charge is 0.463 e. The molecular formula is C11H14F5NO5. The minimum absolute atomic E-state index is 0.694. The van der Waals surface area contributed by atoms with Crippen LogP contribution < -0.4 is 5.32 Å². The van der Waals surface area contributed by atoms with E-state index in [1.54, 1.807) is 0 Å². The molecule has 0 aromatic carbocycles. The van der Waals surface area contributed by atoms with Crippen LogP contribution in [-0.2, 0) is 19.1 Å². The van der Waals surface area contributed by atoms with Crippen LogP contribution in [0.4, 0.5) is 22.0 Å². The Morgan fingerprint density at radius 1 is 1.14 bits per heavy atom. The van der Waals surface area contributed by atoms with Crippen molar-refractivity contribution < 1.29 is 46.2 Å². The molecule has 1 amide bonds. The van der Waals surface area contributed by atoms with E-state index in [2.05, 4.69) is 4.74 Å². The average Bonchev–Trinajstić information content (AvgIpc) is 2.31. The third-order valence-corrected chi connectivity index (χ3v) is 2.23. The zero-order valence-electron chi connectivity index (χ0n) is 11.5. The summed E-state index contributed by atoms with van der Waals surface area (Å²) >= 11 is 0. The van der Waals surface area contributed by atoms with E-state index in [0.717, 1.165) is 0 Å². The highest BCUT2D eigenvalue weighted by atomic mass is 19.4. The maximum atomic E-state index is 12.8. The zero-order chi connectivity index (χ0) is 17.7. The number of alkyl halides is 5. The molecule has 0 bridgehead atoms. The molecule has 11 heteroatoms.